The summed E-state index contributed by atoms with van der Waals surface area (Å²) in [5.41, 5.74) is 8.98. The van der Waals surface area contributed by atoms with Crippen molar-refractivity contribution in [2.45, 2.75) is 31.8 Å². The van der Waals surface area contributed by atoms with Crippen molar-refractivity contribution in [3.05, 3.63) is 0 Å². The summed E-state index contributed by atoms with van der Waals surface area (Å²) in [6.07, 6.45) is 4.40. The van der Waals surface area contributed by atoms with Crippen LogP contribution in [0.4, 0.5) is 0 Å². The second-order valence-corrected chi connectivity index (χ2v) is 3.53. The first-order valence-electron chi connectivity index (χ1n) is 4.36. The van der Waals surface area contributed by atoms with Gasteiger partial charge in [0.2, 0.25) is 0 Å². The summed E-state index contributed by atoms with van der Waals surface area (Å²) in [4.78, 5) is 0. The van der Waals surface area contributed by atoms with Crippen LogP contribution in [0, 0.1) is 0 Å². The molecule has 1 rings (SSSR count). The fraction of sp³-hybridized carbons (Fsp3) is 0.750. The molecule has 5 heteroatoms. The van der Waals surface area contributed by atoms with E-state index in [1.165, 1.54) is 0 Å². The van der Waals surface area contributed by atoms with Crippen LogP contribution in [0.25, 0.3) is 0 Å². The molecular weight excluding hydrogens is 186 g/mol. The molecule has 0 aliphatic heterocycles. The average molecular weight is 201 g/mol. The summed E-state index contributed by atoms with van der Waals surface area (Å²) in [7, 11) is 1.75. The van der Waals surface area contributed by atoms with E-state index in [9.17, 15) is 0 Å². The standard InChI is InChI=1S/C8H15N3OS/c1-12-7-4-2-6(3-5-7)10-11-8(9)13/h7H,2-5H2,1H3,(H3,9,11,13). The minimum absolute atomic E-state index is 0.223. The van der Waals surface area contributed by atoms with E-state index in [0.717, 1.165) is 31.4 Å². The zero-order chi connectivity index (χ0) is 9.68. The highest BCUT2D eigenvalue weighted by Gasteiger charge is 2.16. The highest BCUT2D eigenvalue weighted by atomic mass is 32.1. The molecule has 0 bridgehead atoms. The van der Waals surface area contributed by atoms with Crippen molar-refractivity contribution in [1.82, 2.24) is 5.43 Å². The number of nitrogens with two attached hydrogens (primary N) is 1. The van der Waals surface area contributed by atoms with Crippen molar-refractivity contribution < 1.29 is 4.74 Å². The van der Waals surface area contributed by atoms with E-state index in [0.29, 0.717) is 6.10 Å². The van der Waals surface area contributed by atoms with Crippen LogP contribution in [-0.2, 0) is 4.74 Å². The van der Waals surface area contributed by atoms with Gasteiger partial charge in [0.1, 0.15) is 0 Å². The normalized spacial score (nSPS) is 22.5. The average Bonchev–Trinajstić information content (AvgIpc) is 2.15. The van der Waals surface area contributed by atoms with Gasteiger partial charge in [0.15, 0.2) is 5.11 Å². The van der Waals surface area contributed by atoms with Crippen LogP contribution < -0.4 is 11.2 Å². The second-order valence-electron chi connectivity index (χ2n) is 3.09. The maximum Gasteiger partial charge on any atom is 0.184 e. The van der Waals surface area contributed by atoms with Gasteiger partial charge in [-0.1, -0.05) is 0 Å². The molecule has 1 saturated carbocycles. The minimum atomic E-state index is 0.223. The van der Waals surface area contributed by atoms with E-state index in [4.69, 9.17) is 10.5 Å². The molecule has 1 aliphatic rings. The lowest BCUT2D eigenvalue weighted by atomic mass is 9.96. The van der Waals surface area contributed by atoms with Gasteiger partial charge in [-0.15, -0.1) is 0 Å². The molecule has 0 unspecified atom stereocenters. The molecule has 13 heavy (non-hydrogen) atoms. The Morgan fingerprint density at radius 1 is 1.62 bits per heavy atom. The Labute approximate surface area is 83.5 Å². The van der Waals surface area contributed by atoms with Crippen LogP contribution >= 0.6 is 12.2 Å². The van der Waals surface area contributed by atoms with Gasteiger partial charge >= 0.3 is 0 Å². The number of hydrazone groups is 1. The topological polar surface area (TPSA) is 59.6 Å². The zero-order valence-electron chi connectivity index (χ0n) is 7.75. The predicted octanol–water partition coefficient (Wildman–Crippen LogP) is 0.765. The van der Waals surface area contributed by atoms with Crippen molar-refractivity contribution in [2.75, 3.05) is 7.11 Å². The van der Waals surface area contributed by atoms with Crippen LogP contribution in [0.3, 0.4) is 0 Å². The predicted molar refractivity (Wildman–Crippen MR) is 56.6 cm³/mol. The third-order valence-electron chi connectivity index (χ3n) is 2.17. The molecule has 0 aromatic heterocycles. The van der Waals surface area contributed by atoms with E-state index >= 15 is 0 Å². The number of nitrogens with one attached hydrogen (secondary N) is 1. The lowest BCUT2D eigenvalue weighted by Crippen LogP contribution is -2.27. The van der Waals surface area contributed by atoms with Gasteiger partial charge in [0.05, 0.1) is 6.10 Å². The Bertz CT molecular complexity index is 207. The molecule has 3 N–H and O–H groups in total. The van der Waals surface area contributed by atoms with Gasteiger partial charge in [0.25, 0.3) is 0 Å². The fourth-order valence-corrected chi connectivity index (χ4v) is 1.45. The molecule has 1 fully saturated rings. The van der Waals surface area contributed by atoms with Crippen molar-refractivity contribution >= 4 is 23.0 Å². The Morgan fingerprint density at radius 3 is 2.69 bits per heavy atom. The third kappa shape index (κ3) is 3.69. The number of hydrogen-bond donors (Lipinski definition) is 2. The maximum absolute atomic E-state index is 5.25. The number of ether oxygens (including phenoxy) is 1. The van der Waals surface area contributed by atoms with E-state index in [1.54, 1.807) is 7.11 Å². The lowest BCUT2D eigenvalue weighted by Gasteiger charge is -2.21. The molecule has 1 aliphatic carbocycles. The van der Waals surface area contributed by atoms with Crippen molar-refractivity contribution in [3.63, 3.8) is 0 Å². The van der Waals surface area contributed by atoms with Crippen molar-refractivity contribution in [3.8, 4) is 0 Å². The van der Waals surface area contributed by atoms with Crippen LogP contribution in [-0.4, -0.2) is 24.0 Å². The van der Waals surface area contributed by atoms with Gasteiger partial charge in [-0.2, -0.15) is 5.10 Å². The maximum atomic E-state index is 5.25. The molecule has 0 amide bonds. The second kappa shape index (κ2) is 5.14. The quantitative estimate of drug-likeness (QED) is 0.511. The van der Waals surface area contributed by atoms with E-state index in [2.05, 4.69) is 22.7 Å². The summed E-state index contributed by atoms with van der Waals surface area (Å²) < 4.78 is 5.24. The lowest BCUT2D eigenvalue weighted by molar-refractivity contribution is 0.0862. The molecule has 0 spiro atoms. The third-order valence-corrected chi connectivity index (χ3v) is 2.26. The summed E-state index contributed by atoms with van der Waals surface area (Å²) in [6.45, 7) is 0. The number of thiocarbonyl (C=S) groups is 1. The first-order valence-corrected chi connectivity index (χ1v) is 4.77. The summed E-state index contributed by atoms with van der Waals surface area (Å²) >= 11 is 4.64. The van der Waals surface area contributed by atoms with Crippen LogP contribution in [0.5, 0.6) is 0 Å². The first kappa shape index (κ1) is 10.4. The van der Waals surface area contributed by atoms with Crippen LogP contribution in [0.1, 0.15) is 25.7 Å². The van der Waals surface area contributed by atoms with E-state index in [-0.39, 0.29) is 5.11 Å². The Balaban J connectivity index is 2.31. The molecule has 0 atom stereocenters. The fourth-order valence-electron chi connectivity index (χ4n) is 1.41. The van der Waals surface area contributed by atoms with Crippen molar-refractivity contribution in [2.24, 2.45) is 10.8 Å². The molecule has 74 valence electrons. The van der Waals surface area contributed by atoms with Crippen LogP contribution in [0.2, 0.25) is 0 Å². The highest BCUT2D eigenvalue weighted by molar-refractivity contribution is 7.80. The monoisotopic (exact) mass is 201 g/mol. The number of nitrogens with zero attached hydrogens (tertiary/aromatic N) is 1. The first-order chi connectivity index (χ1) is 6.22. The summed E-state index contributed by atoms with van der Waals surface area (Å²) in [6, 6.07) is 0. The van der Waals surface area contributed by atoms with Gasteiger partial charge in [0, 0.05) is 12.8 Å². The minimum Gasteiger partial charge on any atom is -0.381 e. The number of rotatable bonds is 2. The van der Waals surface area contributed by atoms with E-state index < -0.39 is 0 Å². The molecule has 0 aromatic carbocycles. The van der Waals surface area contributed by atoms with Gasteiger partial charge < -0.3 is 10.5 Å². The smallest absolute Gasteiger partial charge is 0.184 e. The van der Waals surface area contributed by atoms with Crippen LogP contribution in [0.15, 0.2) is 5.10 Å². The number of hydrogen-bond acceptors (Lipinski definition) is 3. The SMILES string of the molecule is COC1CCC(=NNC(N)=S)CC1. The molecule has 0 saturated heterocycles. The van der Waals surface area contributed by atoms with Gasteiger partial charge in [-0.25, -0.2) is 0 Å². The summed E-state index contributed by atoms with van der Waals surface area (Å²) in [5, 5.41) is 4.32. The summed E-state index contributed by atoms with van der Waals surface area (Å²) in [5.74, 6) is 0. The number of methoxy groups -OCH3 is 1. The van der Waals surface area contributed by atoms with Gasteiger partial charge in [-0.05, 0) is 37.9 Å². The molecule has 0 radical (unpaired) electrons. The molecule has 0 aromatic rings. The Morgan fingerprint density at radius 2 is 2.23 bits per heavy atom. The highest BCUT2D eigenvalue weighted by Crippen LogP contribution is 2.17. The Kier molecular flexibility index (Phi) is 4.11. The molecule has 0 heterocycles. The molecule has 4 nitrogen and oxygen atoms in total. The Hall–Kier alpha value is -0.680. The molecular formula is C8H15N3OS. The van der Waals surface area contributed by atoms with Gasteiger partial charge in [-0.3, -0.25) is 5.43 Å². The largest absolute Gasteiger partial charge is 0.381 e. The van der Waals surface area contributed by atoms with E-state index in [1.807, 2.05) is 0 Å². The zero-order valence-corrected chi connectivity index (χ0v) is 8.56. The van der Waals surface area contributed by atoms with Crippen molar-refractivity contribution in [1.29, 1.82) is 0 Å².